The third-order valence-corrected chi connectivity index (χ3v) is 5.15. The summed E-state index contributed by atoms with van der Waals surface area (Å²) in [6, 6.07) is 1.83. The Morgan fingerprint density at radius 3 is 2.82 bits per heavy atom. The maximum absolute atomic E-state index is 4.63. The van der Waals surface area contributed by atoms with Gasteiger partial charge in [0, 0.05) is 17.3 Å². The molecule has 1 N–H and O–H groups in total. The first-order chi connectivity index (χ1) is 10.8. The number of hydrogen-bond acceptors (Lipinski definition) is 6. The van der Waals surface area contributed by atoms with Gasteiger partial charge in [0.25, 0.3) is 0 Å². The van der Waals surface area contributed by atoms with E-state index in [1.54, 1.807) is 12.4 Å². The minimum atomic E-state index is 0.580. The number of rotatable bonds is 3. The van der Waals surface area contributed by atoms with Gasteiger partial charge in [0.1, 0.15) is 22.3 Å². The number of thiophene rings is 1. The Morgan fingerprint density at radius 1 is 1.14 bits per heavy atom. The zero-order chi connectivity index (χ0) is 14.9. The smallest absolute Gasteiger partial charge is 0.147 e. The van der Waals surface area contributed by atoms with Crippen molar-refractivity contribution in [1.82, 2.24) is 19.9 Å². The molecular weight excluding hydrogens is 294 g/mol. The fourth-order valence-electron chi connectivity index (χ4n) is 2.98. The normalized spacial score (nSPS) is 14.0. The van der Waals surface area contributed by atoms with Crippen molar-refractivity contribution in [1.29, 1.82) is 0 Å². The number of aromatic nitrogens is 4. The van der Waals surface area contributed by atoms with Gasteiger partial charge in [0.2, 0.25) is 0 Å². The van der Waals surface area contributed by atoms with Crippen LogP contribution in [0.25, 0.3) is 10.2 Å². The molecule has 0 aromatic carbocycles. The molecule has 22 heavy (non-hydrogen) atoms. The van der Waals surface area contributed by atoms with Crippen molar-refractivity contribution in [2.75, 3.05) is 5.32 Å². The zero-order valence-electron chi connectivity index (χ0n) is 12.5. The van der Waals surface area contributed by atoms with Crippen LogP contribution >= 0.6 is 11.3 Å². The van der Waals surface area contributed by atoms with Gasteiger partial charge in [0.05, 0.1) is 11.9 Å². The highest BCUT2D eigenvalue weighted by Crippen LogP contribution is 2.38. The van der Waals surface area contributed by atoms with Crippen LogP contribution in [0.3, 0.4) is 0 Å². The number of fused-ring (bicyclic) bond motifs is 3. The summed E-state index contributed by atoms with van der Waals surface area (Å²) in [5.41, 5.74) is 1.45. The average Bonchev–Trinajstić information content (AvgIpc) is 2.91. The van der Waals surface area contributed by atoms with E-state index >= 15 is 0 Å². The second-order valence-corrected chi connectivity index (χ2v) is 6.61. The Bertz CT molecular complexity index is 812. The lowest BCUT2D eigenvalue weighted by molar-refractivity contribution is 0.700. The molecule has 4 rings (SSSR count). The number of aryl methyl sites for hydroxylation is 3. The van der Waals surface area contributed by atoms with Crippen LogP contribution in [0.5, 0.6) is 0 Å². The van der Waals surface area contributed by atoms with Crippen LogP contribution in [0.2, 0.25) is 0 Å². The van der Waals surface area contributed by atoms with E-state index in [-0.39, 0.29) is 0 Å². The lowest BCUT2D eigenvalue weighted by atomic mass is 9.97. The molecule has 0 bridgehead atoms. The molecule has 5 nitrogen and oxygen atoms in total. The maximum atomic E-state index is 4.63. The summed E-state index contributed by atoms with van der Waals surface area (Å²) in [6.45, 7) is 2.53. The Morgan fingerprint density at radius 2 is 1.95 bits per heavy atom. The summed E-state index contributed by atoms with van der Waals surface area (Å²) in [5.74, 6) is 2.51. The Hall–Kier alpha value is -2.08. The van der Waals surface area contributed by atoms with E-state index in [9.17, 15) is 0 Å². The highest BCUT2D eigenvalue weighted by Gasteiger charge is 2.20. The van der Waals surface area contributed by atoms with E-state index in [0.717, 1.165) is 28.7 Å². The molecule has 0 amide bonds. The Kier molecular flexibility index (Phi) is 3.46. The van der Waals surface area contributed by atoms with Crippen LogP contribution in [0, 0.1) is 6.92 Å². The van der Waals surface area contributed by atoms with Gasteiger partial charge in [-0.3, -0.25) is 0 Å². The molecule has 3 aromatic rings. The average molecular weight is 311 g/mol. The van der Waals surface area contributed by atoms with E-state index in [1.165, 1.54) is 35.1 Å². The van der Waals surface area contributed by atoms with E-state index in [0.29, 0.717) is 6.54 Å². The summed E-state index contributed by atoms with van der Waals surface area (Å²) in [4.78, 5) is 20.4. The molecule has 1 aliphatic rings. The standard InChI is InChI=1S/C16H17N5S/c1-10-20-15(19-9-13-17-7-4-8-18-13)14-11-5-2-3-6-12(11)22-16(14)21-10/h4,7-8H,2-3,5-6,9H2,1H3,(H,19,20,21). The van der Waals surface area contributed by atoms with Gasteiger partial charge in [-0.25, -0.2) is 19.9 Å². The van der Waals surface area contributed by atoms with Crippen LogP contribution in [0.15, 0.2) is 18.5 Å². The lowest BCUT2D eigenvalue weighted by Gasteiger charge is -2.12. The van der Waals surface area contributed by atoms with Crippen molar-refractivity contribution in [2.45, 2.75) is 39.2 Å². The predicted octanol–water partition coefficient (Wildman–Crippen LogP) is 3.28. The van der Waals surface area contributed by atoms with Gasteiger partial charge in [-0.1, -0.05) is 0 Å². The van der Waals surface area contributed by atoms with Gasteiger partial charge in [-0.05, 0) is 44.2 Å². The first-order valence-electron chi connectivity index (χ1n) is 7.60. The molecule has 0 aliphatic heterocycles. The molecule has 6 heteroatoms. The summed E-state index contributed by atoms with van der Waals surface area (Å²) in [5, 5.41) is 4.62. The number of anilines is 1. The maximum Gasteiger partial charge on any atom is 0.147 e. The molecular formula is C16H17N5S. The monoisotopic (exact) mass is 311 g/mol. The Balaban J connectivity index is 1.74. The van der Waals surface area contributed by atoms with Crippen molar-refractivity contribution in [3.63, 3.8) is 0 Å². The zero-order valence-corrected chi connectivity index (χ0v) is 13.3. The van der Waals surface area contributed by atoms with Crippen LogP contribution in [-0.2, 0) is 19.4 Å². The molecule has 3 aromatic heterocycles. The third-order valence-electron chi connectivity index (χ3n) is 3.96. The van der Waals surface area contributed by atoms with E-state index < -0.39 is 0 Å². The predicted molar refractivity (Wildman–Crippen MR) is 88.2 cm³/mol. The highest BCUT2D eigenvalue weighted by molar-refractivity contribution is 7.19. The molecule has 3 heterocycles. The van der Waals surface area contributed by atoms with Crippen LogP contribution in [0.4, 0.5) is 5.82 Å². The summed E-state index contributed by atoms with van der Waals surface area (Å²) < 4.78 is 0. The number of nitrogens with zero attached hydrogens (tertiary/aromatic N) is 4. The fourth-order valence-corrected chi connectivity index (χ4v) is 4.28. The SMILES string of the molecule is Cc1nc(NCc2ncccn2)c2c3c(sc2n1)CCCC3. The van der Waals surface area contributed by atoms with Crippen LogP contribution in [0.1, 0.15) is 34.9 Å². The summed E-state index contributed by atoms with van der Waals surface area (Å²) in [6.07, 6.45) is 8.38. The molecule has 0 saturated heterocycles. The van der Waals surface area contributed by atoms with Gasteiger partial charge in [0.15, 0.2) is 0 Å². The van der Waals surface area contributed by atoms with E-state index in [2.05, 4.69) is 25.3 Å². The molecule has 1 aliphatic carbocycles. The Labute approximate surface area is 132 Å². The second-order valence-electron chi connectivity index (χ2n) is 5.53. The van der Waals surface area contributed by atoms with E-state index in [1.807, 2.05) is 24.3 Å². The fraction of sp³-hybridized carbons (Fsp3) is 0.375. The molecule has 112 valence electrons. The van der Waals surface area contributed by atoms with Gasteiger partial charge in [-0.15, -0.1) is 11.3 Å². The topological polar surface area (TPSA) is 63.6 Å². The van der Waals surface area contributed by atoms with Gasteiger partial charge in [-0.2, -0.15) is 0 Å². The first kappa shape index (κ1) is 13.6. The van der Waals surface area contributed by atoms with Crippen molar-refractivity contribution in [2.24, 2.45) is 0 Å². The number of nitrogens with one attached hydrogen (secondary N) is 1. The quantitative estimate of drug-likeness (QED) is 0.804. The third kappa shape index (κ3) is 2.43. The molecule has 0 atom stereocenters. The van der Waals surface area contributed by atoms with Crippen LogP contribution < -0.4 is 5.32 Å². The summed E-state index contributed by atoms with van der Waals surface area (Å²) in [7, 11) is 0. The number of hydrogen-bond donors (Lipinski definition) is 1. The van der Waals surface area contributed by atoms with Crippen molar-refractivity contribution >= 4 is 27.4 Å². The van der Waals surface area contributed by atoms with Crippen LogP contribution in [-0.4, -0.2) is 19.9 Å². The van der Waals surface area contributed by atoms with Crippen molar-refractivity contribution < 1.29 is 0 Å². The second kappa shape index (κ2) is 5.61. The molecule has 0 unspecified atom stereocenters. The first-order valence-corrected chi connectivity index (χ1v) is 8.41. The van der Waals surface area contributed by atoms with E-state index in [4.69, 9.17) is 0 Å². The molecule has 0 fully saturated rings. The van der Waals surface area contributed by atoms with Gasteiger partial charge >= 0.3 is 0 Å². The molecule has 0 radical (unpaired) electrons. The molecule has 0 spiro atoms. The minimum Gasteiger partial charge on any atom is -0.362 e. The largest absolute Gasteiger partial charge is 0.362 e. The van der Waals surface area contributed by atoms with Gasteiger partial charge < -0.3 is 5.32 Å². The molecule has 0 saturated carbocycles. The minimum absolute atomic E-state index is 0.580. The van der Waals surface area contributed by atoms with Crippen molar-refractivity contribution in [3.8, 4) is 0 Å². The lowest BCUT2D eigenvalue weighted by Crippen LogP contribution is -2.07. The highest BCUT2D eigenvalue weighted by atomic mass is 32.1. The summed E-state index contributed by atoms with van der Waals surface area (Å²) >= 11 is 1.83. The van der Waals surface area contributed by atoms with Crippen molar-refractivity contribution in [3.05, 3.63) is 40.5 Å².